The molecule has 1 atom stereocenters. The third-order valence-electron chi connectivity index (χ3n) is 4.79. The number of allylic oxidation sites excluding steroid dienone is 1. The Morgan fingerprint density at radius 2 is 2.00 bits per heavy atom. The number of rotatable bonds is 9. The third-order valence-corrected chi connectivity index (χ3v) is 4.79. The second-order valence-electron chi connectivity index (χ2n) is 7.33. The van der Waals surface area contributed by atoms with Gasteiger partial charge in [-0.3, -0.25) is 14.6 Å². The van der Waals surface area contributed by atoms with E-state index >= 15 is 0 Å². The van der Waals surface area contributed by atoms with Crippen molar-refractivity contribution in [2.75, 3.05) is 13.2 Å². The van der Waals surface area contributed by atoms with Crippen LogP contribution in [0.25, 0.3) is 6.08 Å². The van der Waals surface area contributed by atoms with Crippen LogP contribution in [0.3, 0.4) is 0 Å². The fraction of sp³-hybridized carbons (Fsp3) is 0.292. The number of aromatic nitrogens is 1. The topological polar surface area (TPSA) is 79.7 Å². The summed E-state index contributed by atoms with van der Waals surface area (Å²) in [7, 11) is 0. The third kappa shape index (κ3) is 5.02. The van der Waals surface area contributed by atoms with Gasteiger partial charge in [0.25, 0.3) is 5.91 Å². The van der Waals surface area contributed by atoms with Gasteiger partial charge >= 0.3 is 0 Å². The highest BCUT2D eigenvalue weighted by molar-refractivity contribution is 6.14. The summed E-state index contributed by atoms with van der Waals surface area (Å²) >= 11 is 0. The molecule has 0 saturated heterocycles. The van der Waals surface area contributed by atoms with Gasteiger partial charge in [-0.2, -0.15) is 0 Å². The number of carbonyl (C=O) groups excluding carboxylic acids is 2. The number of ether oxygens (including phenoxy) is 1. The number of hydrogen-bond donors (Lipinski definition) is 1. The lowest BCUT2D eigenvalue weighted by Gasteiger charge is -2.26. The molecule has 30 heavy (non-hydrogen) atoms. The molecule has 0 spiro atoms. The molecule has 1 amide bonds. The lowest BCUT2D eigenvalue weighted by atomic mass is 9.96. The van der Waals surface area contributed by atoms with E-state index in [9.17, 15) is 14.7 Å². The van der Waals surface area contributed by atoms with Crippen LogP contribution >= 0.6 is 0 Å². The SMILES string of the molecule is CC(C)OCCCN1C(=O)C(O)=C(C(=O)/C=C/c2ccccc2)[C@@H]1c1cccnc1. The standard InChI is InChI=1S/C24H26N2O4/c1-17(2)30-15-7-14-26-22(19-10-6-13-25-16-19)21(23(28)24(26)29)20(27)12-11-18-8-4-3-5-9-18/h3-6,8-13,16-17,22,28H,7,14-15H2,1-2H3/b12-11+/t22-/m0/s1. The Labute approximate surface area is 176 Å². The van der Waals surface area contributed by atoms with Crippen LogP contribution in [0.5, 0.6) is 0 Å². The van der Waals surface area contributed by atoms with E-state index in [1.165, 1.54) is 11.0 Å². The molecule has 1 aromatic heterocycles. The van der Waals surface area contributed by atoms with Crippen molar-refractivity contribution in [2.45, 2.75) is 32.4 Å². The summed E-state index contributed by atoms with van der Waals surface area (Å²) in [5.74, 6) is -1.46. The van der Waals surface area contributed by atoms with Crippen LogP contribution in [-0.4, -0.2) is 45.9 Å². The summed E-state index contributed by atoms with van der Waals surface area (Å²) in [6, 6.07) is 12.3. The number of aliphatic hydroxyl groups excluding tert-OH is 1. The average Bonchev–Trinajstić information content (AvgIpc) is 3.01. The molecule has 2 heterocycles. The van der Waals surface area contributed by atoms with E-state index in [-0.39, 0.29) is 11.7 Å². The first kappa shape index (κ1) is 21.5. The lowest BCUT2D eigenvalue weighted by molar-refractivity contribution is -0.129. The van der Waals surface area contributed by atoms with Gasteiger partial charge in [-0.1, -0.05) is 42.5 Å². The average molecular weight is 406 g/mol. The maximum absolute atomic E-state index is 13.0. The van der Waals surface area contributed by atoms with E-state index in [0.717, 1.165) is 5.56 Å². The Morgan fingerprint density at radius 3 is 2.67 bits per heavy atom. The Kier molecular flexibility index (Phi) is 7.14. The van der Waals surface area contributed by atoms with Gasteiger partial charge in [-0.15, -0.1) is 0 Å². The fourth-order valence-corrected chi connectivity index (χ4v) is 3.40. The number of benzene rings is 1. The minimum atomic E-state index is -0.682. The highest BCUT2D eigenvalue weighted by Gasteiger charge is 2.42. The molecule has 3 rings (SSSR count). The van der Waals surface area contributed by atoms with E-state index in [1.54, 1.807) is 30.6 Å². The van der Waals surface area contributed by atoms with E-state index in [4.69, 9.17) is 4.74 Å². The molecule has 0 bridgehead atoms. The summed E-state index contributed by atoms with van der Waals surface area (Å²) < 4.78 is 5.56. The van der Waals surface area contributed by atoms with E-state index in [2.05, 4.69) is 4.98 Å². The van der Waals surface area contributed by atoms with E-state index in [1.807, 2.05) is 44.2 Å². The van der Waals surface area contributed by atoms with Gasteiger partial charge in [0.15, 0.2) is 11.5 Å². The van der Waals surface area contributed by atoms with Crippen LogP contribution in [0.15, 0.2) is 72.3 Å². The first-order chi connectivity index (χ1) is 14.5. The Bertz CT molecular complexity index is 936. The first-order valence-electron chi connectivity index (χ1n) is 10.0. The van der Waals surface area contributed by atoms with E-state index in [0.29, 0.717) is 25.1 Å². The molecule has 0 fully saturated rings. The summed E-state index contributed by atoms with van der Waals surface area (Å²) in [6.07, 6.45) is 6.99. The lowest BCUT2D eigenvalue weighted by Crippen LogP contribution is -2.32. The zero-order chi connectivity index (χ0) is 21.5. The number of ketones is 1. The van der Waals surface area contributed by atoms with Crippen molar-refractivity contribution >= 4 is 17.8 Å². The molecule has 0 aliphatic carbocycles. The number of amides is 1. The van der Waals surface area contributed by atoms with Gasteiger partial charge in [0.1, 0.15) is 0 Å². The van der Waals surface area contributed by atoms with Crippen molar-refractivity contribution in [1.29, 1.82) is 0 Å². The molecule has 1 aliphatic heterocycles. The van der Waals surface area contributed by atoms with Gasteiger partial charge in [0, 0.05) is 25.5 Å². The molecule has 1 aromatic carbocycles. The predicted molar refractivity (Wildman–Crippen MR) is 115 cm³/mol. The molecule has 1 N–H and O–H groups in total. The van der Waals surface area contributed by atoms with Crippen LogP contribution in [-0.2, 0) is 14.3 Å². The van der Waals surface area contributed by atoms with Gasteiger partial charge in [0.05, 0.1) is 17.7 Å². The number of carbonyl (C=O) groups is 2. The fourth-order valence-electron chi connectivity index (χ4n) is 3.40. The predicted octanol–water partition coefficient (Wildman–Crippen LogP) is 3.87. The normalized spacial score (nSPS) is 16.8. The quantitative estimate of drug-likeness (QED) is 0.505. The second kappa shape index (κ2) is 9.98. The highest BCUT2D eigenvalue weighted by atomic mass is 16.5. The smallest absolute Gasteiger partial charge is 0.290 e. The largest absolute Gasteiger partial charge is 0.503 e. The molecule has 6 nitrogen and oxygen atoms in total. The van der Waals surface area contributed by atoms with Crippen molar-refractivity contribution < 1.29 is 19.4 Å². The minimum absolute atomic E-state index is 0.0740. The van der Waals surface area contributed by atoms with Crippen molar-refractivity contribution in [3.8, 4) is 0 Å². The molecular formula is C24H26N2O4. The molecule has 156 valence electrons. The van der Waals surface area contributed by atoms with Crippen LogP contribution in [0.1, 0.15) is 37.4 Å². The number of hydrogen-bond acceptors (Lipinski definition) is 5. The maximum atomic E-state index is 13.0. The molecule has 1 aliphatic rings. The van der Waals surface area contributed by atoms with Gasteiger partial charge in [-0.05, 0) is 43.5 Å². The van der Waals surface area contributed by atoms with Crippen LogP contribution in [0, 0.1) is 0 Å². The van der Waals surface area contributed by atoms with E-state index < -0.39 is 23.5 Å². The Hall–Kier alpha value is -3.25. The van der Waals surface area contributed by atoms with Crippen LogP contribution in [0.2, 0.25) is 0 Å². The molecule has 6 heteroatoms. The van der Waals surface area contributed by atoms with Crippen LogP contribution < -0.4 is 0 Å². The van der Waals surface area contributed by atoms with Crippen molar-refractivity contribution in [2.24, 2.45) is 0 Å². The first-order valence-corrected chi connectivity index (χ1v) is 10.0. The second-order valence-corrected chi connectivity index (χ2v) is 7.33. The highest BCUT2D eigenvalue weighted by Crippen LogP contribution is 2.37. The zero-order valence-corrected chi connectivity index (χ0v) is 17.2. The van der Waals surface area contributed by atoms with Gasteiger partial charge in [0.2, 0.25) is 0 Å². The Morgan fingerprint density at radius 1 is 1.23 bits per heavy atom. The summed E-state index contributed by atoms with van der Waals surface area (Å²) in [5, 5.41) is 10.6. The summed E-state index contributed by atoms with van der Waals surface area (Å²) in [5.41, 5.74) is 1.61. The number of nitrogens with zero attached hydrogens (tertiary/aromatic N) is 2. The van der Waals surface area contributed by atoms with Crippen molar-refractivity contribution in [3.63, 3.8) is 0 Å². The maximum Gasteiger partial charge on any atom is 0.290 e. The monoisotopic (exact) mass is 406 g/mol. The zero-order valence-electron chi connectivity index (χ0n) is 17.2. The minimum Gasteiger partial charge on any atom is -0.503 e. The molecular weight excluding hydrogens is 380 g/mol. The van der Waals surface area contributed by atoms with Crippen LogP contribution in [0.4, 0.5) is 0 Å². The summed E-state index contributed by atoms with van der Waals surface area (Å²) in [4.78, 5) is 31.4. The van der Waals surface area contributed by atoms with Crippen molar-refractivity contribution in [3.05, 3.63) is 83.4 Å². The van der Waals surface area contributed by atoms with Gasteiger partial charge in [-0.25, -0.2) is 0 Å². The molecule has 0 radical (unpaired) electrons. The molecule has 0 unspecified atom stereocenters. The molecule has 0 saturated carbocycles. The van der Waals surface area contributed by atoms with Gasteiger partial charge < -0.3 is 14.7 Å². The van der Waals surface area contributed by atoms with Crippen molar-refractivity contribution in [1.82, 2.24) is 9.88 Å². The molecule has 2 aromatic rings. The number of aliphatic hydroxyl groups is 1. The summed E-state index contributed by atoms with van der Waals surface area (Å²) in [6.45, 7) is 4.73. The Balaban J connectivity index is 1.86. The number of pyridine rings is 1.